The topological polar surface area (TPSA) is 38.5 Å². The van der Waals surface area contributed by atoms with Gasteiger partial charge in [-0.25, -0.2) is 5.90 Å². The maximum Gasteiger partial charge on any atom is 0.0914 e. The monoisotopic (exact) mass is 256 g/mol. The van der Waals surface area contributed by atoms with Crippen LogP contribution in [-0.4, -0.2) is 30.6 Å². The van der Waals surface area contributed by atoms with Crippen molar-refractivity contribution >= 4 is 0 Å². The van der Waals surface area contributed by atoms with E-state index in [1.54, 1.807) is 0 Å². The predicted octanol–water partition coefficient (Wildman–Crippen LogP) is 3.48. The van der Waals surface area contributed by atoms with Crippen molar-refractivity contribution in [3.63, 3.8) is 0 Å². The molecule has 18 heavy (non-hydrogen) atoms. The Morgan fingerprint density at radius 3 is 2.39 bits per heavy atom. The van der Waals surface area contributed by atoms with Crippen molar-refractivity contribution in [3.05, 3.63) is 0 Å². The molecule has 0 spiro atoms. The van der Waals surface area contributed by atoms with Crippen LogP contribution in [0, 0.1) is 0 Å². The summed E-state index contributed by atoms with van der Waals surface area (Å²) in [6.07, 6.45) is 13.8. The molecular weight excluding hydrogens is 224 g/mol. The second-order valence-corrected chi connectivity index (χ2v) is 5.68. The predicted molar refractivity (Wildman–Crippen MR) is 77.3 cm³/mol. The van der Waals surface area contributed by atoms with Crippen LogP contribution in [-0.2, 0) is 4.84 Å². The summed E-state index contributed by atoms with van der Waals surface area (Å²) in [6.45, 7) is 5.77. The van der Waals surface area contributed by atoms with E-state index in [0.717, 1.165) is 13.0 Å². The zero-order valence-electron chi connectivity index (χ0n) is 12.2. The lowest BCUT2D eigenvalue weighted by Gasteiger charge is -2.31. The SMILES string of the molecule is CCCCCCCCCCN1CCCC(ON)C1. The number of unbranched alkanes of at least 4 members (excludes halogenated alkanes) is 7. The molecule has 0 bridgehead atoms. The molecule has 0 aliphatic carbocycles. The summed E-state index contributed by atoms with van der Waals surface area (Å²) in [4.78, 5) is 7.47. The summed E-state index contributed by atoms with van der Waals surface area (Å²) in [7, 11) is 0. The molecule has 0 amide bonds. The van der Waals surface area contributed by atoms with E-state index >= 15 is 0 Å². The van der Waals surface area contributed by atoms with Crippen LogP contribution in [0.1, 0.15) is 71.1 Å². The first kappa shape index (κ1) is 15.9. The van der Waals surface area contributed by atoms with Crippen LogP contribution in [0.15, 0.2) is 0 Å². The van der Waals surface area contributed by atoms with Crippen LogP contribution in [0.3, 0.4) is 0 Å². The molecule has 108 valence electrons. The molecule has 3 heteroatoms. The summed E-state index contributed by atoms with van der Waals surface area (Å²) >= 11 is 0. The fraction of sp³-hybridized carbons (Fsp3) is 1.00. The second kappa shape index (κ2) is 10.8. The van der Waals surface area contributed by atoms with Crippen molar-refractivity contribution < 1.29 is 4.84 Å². The molecule has 1 rings (SSSR count). The molecule has 0 aromatic rings. The Morgan fingerprint density at radius 2 is 1.72 bits per heavy atom. The van der Waals surface area contributed by atoms with Gasteiger partial charge in [-0.15, -0.1) is 0 Å². The zero-order valence-corrected chi connectivity index (χ0v) is 12.2. The Labute approximate surface area is 113 Å². The molecule has 1 atom stereocenters. The van der Waals surface area contributed by atoms with E-state index in [1.807, 2.05) is 0 Å². The second-order valence-electron chi connectivity index (χ2n) is 5.68. The minimum atomic E-state index is 0.271. The average Bonchev–Trinajstić information content (AvgIpc) is 2.42. The van der Waals surface area contributed by atoms with E-state index in [2.05, 4.69) is 11.8 Å². The maximum atomic E-state index is 5.27. The first-order valence-corrected chi connectivity index (χ1v) is 7.94. The molecule has 0 aromatic heterocycles. The zero-order chi connectivity index (χ0) is 13.1. The maximum absolute atomic E-state index is 5.27. The number of rotatable bonds is 10. The minimum Gasteiger partial charge on any atom is -0.301 e. The minimum absolute atomic E-state index is 0.271. The van der Waals surface area contributed by atoms with Gasteiger partial charge in [-0.1, -0.05) is 51.9 Å². The average molecular weight is 256 g/mol. The van der Waals surface area contributed by atoms with Gasteiger partial charge in [-0.05, 0) is 32.4 Å². The van der Waals surface area contributed by atoms with Crippen molar-refractivity contribution in [1.82, 2.24) is 4.90 Å². The lowest BCUT2D eigenvalue weighted by atomic mass is 10.1. The van der Waals surface area contributed by atoms with Crippen LogP contribution < -0.4 is 5.90 Å². The third kappa shape index (κ3) is 7.34. The van der Waals surface area contributed by atoms with E-state index < -0.39 is 0 Å². The lowest BCUT2D eigenvalue weighted by molar-refractivity contribution is -0.00178. The third-order valence-electron chi connectivity index (χ3n) is 3.98. The van der Waals surface area contributed by atoms with Gasteiger partial charge in [0.1, 0.15) is 0 Å². The summed E-state index contributed by atoms with van der Waals surface area (Å²) in [6, 6.07) is 0. The van der Waals surface area contributed by atoms with Gasteiger partial charge in [0.25, 0.3) is 0 Å². The molecule has 1 unspecified atom stereocenters. The molecule has 1 fully saturated rings. The number of piperidine rings is 1. The Bertz CT molecular complexity index is 187. The highest BCUT2D eigenvalue weighted by molar-refractivity contribution is 4.72. The Balaban J connectivity index is 1.88. The molecule has 0 aromatic carbocycles. The number of hydrogen-bond donors (Lipinski definition) is 1. The number of nitrogens with zero attached hydrogens (tertiary/aromatic N) is 1. The van der Waals surface area contributed by atoms with Gasteiger partial charge in [-0.2, -0.15) is 0 Å². The van der Waals surface area contributed by atoms with Crippen molar-refractivity contribution in [3.8, 4) is 0 Å². The molecule has 0 radical (unpaired) electrons. The fourth-order valence-electron chi connectivity index (χ4n) is 2.80. The molecular formula is C15H32N2O. The van der Waals surface area contributed by atoms with E-state index in [9.17, 15) is 0 Å². The molecule has 1 saturated heterocycles. The standard InChI is InChI=1S/C15H32N2O/c1-2-3-4-5-6-7-8-9-12-17-13-10-11-15(14-17)18-16/h15H,2-14,16H2,1H3. The first-order valence-electron chi connectivity index (χ1n) is 7.94. The van der Waals surface area contributed by atoms with E-state index in [0.29, 0.717) is 0 Å². The molecule has 1 aliphatic rings. The third-order valence-corrected chi connectivity index (χ3v) is 3.98. The normalized spacial score (nSPS) is 21.3. The molecule has 1 aliphatic heterocycles. The number of likely N-dealkylation sites (tertiary alicyclic amines) is 1. The fourth-order valence-corrected chi connectivity index (χ4v) is 2.80. The van der Waals surface area contributed by atoms with Crippen LogP contribution in [0.2, 0.25) is 0 Å². The summed E-state index contributed by atoms with van der Waals surface area (Å²) < 4.78 is 0. The Morgan fingerprint density at radius 1 is 1.06 bits per heavy atom. The molecule has 0 saturated carbocycles. The summed E-state index contributed by atoms with van der Waals surface area (Å²) in [5, 5.41) is 0. The van der Waals surface area contributed by atoms with Gasteiger partial charge in [-0.3, -0.25) is 4.84 Å². The highest BCUT2D eigenvalue weighted by Gasteiger charge is 2.18. The van der Waals surface area contributed by atoms with Gasteiger partial charge in [0, 0.05) is 6.54 Å². The quantitative estimate of drug-likeness (QED) is 0.480. The molecule has 3 nitrogen and oxygen atoms in total. The highest BCUT2D eigenvalue weighted by Crippen LogP contribution is 2.13. The van der Waals surface area contributed by atoms with Gasteiger partial charge in [0.2, 0.25) is 0 Å². The van der Waals surface area contributed by atoms with Crippen LogP contribution >= 0.6 is 0 Å². The van der Waals surface area contributed by atoms with Gasteiger partial charge < -0.3 is 4.90 Å². The molecule has 1 heterocycles. The van der Waals surface area contributed by atoms with Gasteiger partial charge in [0.05, 0.1) is 6.10 Å². The Kier molecular flexibility index (Phi) is 9.54. The van der Waals surface area contributed by atoms with E-state index in [1.165, 1.54) is 70.9 Å². The van der Waals surface area contributed by atoms with E-state index in [4.69, 9.17) is 10.7 Å². The highest BCUT2D eigenvalue weighted by atomic mass is 16.6. The summed E-state index contributed by atoms with van der Waals surface area (Å²) in [5.74, 6) is 5.27. The smallest absolute Gasteiger partial charge is 0.0914 e. The Hall–Kier alpha value is -0.120. The van der Waals surface area contributed by atoms with Crippen LogP contribution in [0.25, 0.3) is 0 Å². The van der Waals surface area contributed by atoms with Crippen LogP contribution in [0.4, 0.5) is 0 Å². The van der Waals surface area contributed by atoms with Crippen LogP contribution in [0.5, 0.6) is 0 Å². The van der Waals surface area contributed by atoms with Gasteiger partial charge in [0.15, 0.2) is 0 Å². The largest absolute Gasteiger partial charge is 0.301 e. The summed E-state index contributed by atoms with van der Waals surface area (Å²) in [5.41, 5.74) is 0. The van der Waals surface area contributed by atoms with Gasteiger partial charge >= 0.3 is 0 Å². The van der Waals surface area contributed by atoms with Crippen molar-refractivity contribution in [2.45, 2.75) is 77.2 Å². The molecule has 2 N–H and O–H groups in total. The van der Waals surface area contributed by atoms with Crippen molar-refractivity contribution in [2.75, 3.05) is 19.6 Å². The number of nitrogens with two attached hydrogens (primary N) is 1. The lowest BCUT2D eigenvalue weighted by Crippen LogP contribution is -2.41. The number of hydrogen-bond acceptors (Lipinski definition) is 3. The first-order chi connectivity index (χ1) is 8.86. The van der Waals surface area contributed by atoms with E-state index in [-0.39, 0.29) is 6.10 Å². The van der Waals surface area contributed by atoms with Crippen molar-refractivity contribution in [1.29, 1.82) is 0 Å². The van der Waals surface area contributed by atoms with Crippen molar-refractivity contribution in [2.24, 2.45) is 5.90 Å².